The van der Waals surface area contributed by atoms with Crippen molar-refractivity contribution >= 4 is 16.6 Å². The number of carbonyl (C=O) groups is 1. The SMILES string of the molecule is CC(C)(C)C(=O)CS(=O)c1ccc(F)c(F)c1. The van der Waals surface area contributed by atoms with Gasteiger partial charge in [0.1, 0.15) is 0 Å². The van der Waals surface area contributed by atoms with Gasteiger partial charge in [-0.05, 0) is 18.2 Å². The van der Waals surface area contributed by atoms with Gasteiger partial charge in [-0.25, -0.2) is 8.78 Å². The van der Waals surface area contributed by atoms with Crippen LogP contribution in [0.3, 0.4) is 0 Å². The molecule has 0 saturated carbocycles. The summed E-state index contributed by atoms with van der Waals surface area (Å²) in [6, 6.07) is 3.00. The van der Waals surface area contributed by atoms with Gasteiger partial charge in [-0.15, -0.1) is 0 Å². The fourth-order valence-corrected chi connectivity index (χ4v) is 2.33. The number of rotatable bonds is 3. The molecule has 0 aliphatic rings. The molecule has 1 rings (SSSR count). The Morgan fingerprint density at radius 1 is 1.24 bits per heavy atom. The molecular weight excluding hydrogens is 246 g/mol. The van der Waals surface area contributed by atoms with E-state index in [2.05, 4.69) is 0 Å². The molecule has 1 aromatic carbocycles. The first kappa shape index (κ1) is 14.0. The van der Waals surface area contributed by atoms with E-state index < -0.39 is 27.8 Å². The van der Waals surface area contributed by atoms with Gasteiger partial charge in [0.2, 0.25) is 0 Å². The molecule has 0 bridgehead atoms. The molecule has 0 aromatic heterocycles. The minimum absolute atomic E-state index is 0.126. The molecule has 17 heavy (non-hydrogen) atoms. The Morgan fingerprint density at radius 3 is 2.29 bits per heavy atom. The van der Waals surface area contributed by atoms with Crippen molar-refractivity contribution in [1.82, 2.24) is 0 Å². The summed E-state index contributed by atoms with van der Waals surface area (Å²) in [4.78, 5) is 11.8. The Bertz CT molecular complexity index is 464. The van der Waals surface area contributed by atoms with E-state index in [1.54, 1.807) is 20.8 Å². The first-order chi connectivity index (χ1) is 7.71. The number of carbonyl (C=O) groups excluding carboxylic acids is 1. The van der Waals surface area contributed by atoms with Gasteiger partial charge < -0.3 is 0 Å². The van der Waals surface area contributed by atoms with E-state index in [9.17, 15) is 17.8 Å². The lowest BCUT2D eigenvalue weighted by molar-refractivity contribution is -0.123. The van der Waals surface area contributed by atoms with Gasteiger partial charge in [0.15, 0.2) is 17.4 Å². The molecule has 0 fully saturated rings. The van der Waals surface area contributed by atoms with Crippen LogP contribution in [-0.2, 0) is 15.6 Å². The third-order valence-corrected chi connectivity index (χ3v) is 3.56. The smallest absolute Gasteiger partial charge is 0.160 e. The molecule has 94 valence electrons. The Labute approximate surface area is 101 Å². The lowest BCUT2D eigenvalue weighted by Gasteiger charge is -2.15. The van der Waals surface area contributed by atoms with E-state index in [0.717, 1.165) is 12.1 Å². The Balaban J connectivity index is 2.84. The maximum atomic E-state index is 12.9. The van der Waals surface area contributed by atoms with Crippen molar-refractivity contribution in [1.29, 1.82) is 0 Å². The first-order valence-corrected chi connectivity index (χ1v) is 6.40. The zero-order valence-corrected chi connectivity index (χ0v) is 10.7. The van der Waals surface area contributed by atoms with Crippen LogP contribution >= 0.6 is 0 Å². The molecule has 0 aliphatic carbocycles. The van der Waals surface area contributed by atoms with Crippen molar-refractivity contribution in [3.8, 4) is 0 Å². The monoisotopic (exact) mass is 260 g/mol. The molecular formula is C12H14F2O2S. The highest BCUT2D eigenvalue weighted by Crippen LogP contribution is 2.18. The van der Waals surface area contributed by atoms with Gasteiger partial charge >= 0.3 is 0 Å². The summed E-state index contributed by atoms with van der Waals surface area (Å²) in [5.74, 6) is -2.42. The topological polar surface area (TPSA) is 34.1 Å². The molecule has 0 aliphatic heterocycles. The summed E-state index contributed by atoms with van der Waals surface area (Å²) in [6.07, 6.45) is 0. The highest BCUT2D eigenvalue weighted by atomic mass is 32.2. The average Bonchev–Trinajstić information content (AvgIpc) is 2.20. The molecule has 0 saturated heterocycles. The molecule has 2 nitrogen and oxygen atoms in total. The molecule has 0 radical (unpaired) electrons. The summed E-state index contributed by atoms with van der Waals surface area (Å²) in [5.41, 5.74) is -0.589. The number of hydrogen-bond acceptors (Lipinski definition) is 2. The summed E-state index contributed by atoms with van der Waals surface area (Å²) in [5, 5.41) is 0. The molecule has 0 heterocycles. The van der Waals surface area contributed by atoms with Gasteiger partial charge in [-0.3, -0.25) is 9.00 Å². The second-order valence-corrected chi connectivity index (χ2v) is 6.19. The lowest BCUT2D eigenvalue weighted by atomic mass is 9.92. The maximum Gasteiger partial charge on any atom is 0.160 e. The van der Waals surface area contributed by atoms with Crippen molar-refractivity contribution in [2.45, 2.75) is 25.7 Å². The zero-order chi connectivity index (χ0) is 13.2. The number of hydrogen-bond donors (Lipinski definition) is 0. The van der Waals surface area contributed by atoms with E-state index >= 15 is 0 Å². The highest BCUT2D eigenvalue weighted by Gasteiger charge is 2.23. The van der Waals surface area contributed by atoms with E-state index in [4.69, 9.17) is 0 Å². The van der Waals surface area contributed by atoms with Crippen molar-refractivity contribution in [3.63, 3.8) is 0 Å². The van der Waals surface area contributed by atoms with E-state index in [0.29, 0.717) is 0 Å². The van der Waals surface area contributed by atoms with E-state index in [-0.39, 0.29) is 16.4 Å². The van der Waals surface area contributed by atoms with Gasteiger partial charge in [0.25, 0.3) is 0 Å². The third kappa shape index (κ3) is 3.70. The van der Waals surface area contributed by atoms with Gasteiger partial charge in [-0.1, -0.05) is 20.8 Å². The number of benzene rings is 1. The zero-order valence-electron chi connectivity index (χ0n) is 9.92. The predicted molar refractivity (Wildman–Crippen MR) is 62.1 cm³/mol. The minimum atomic E-state index is -1.63. The van der Waals surface area contributed by atoms with Crippen LogP contribution in [0, 0.1) is 17.0 Å². The van der Waals surface area contributed by atoms with Crippen LogP contribution in [-0.4, -0.2) is 15.7 Å². The second kappa shape index (κ2) is 5.04. The Hall–Kier alpha value is -1.10. The molecule has 5 heteroatoms. The van der Waals surface area contributed by atoms with Crippen LogP contribution in [0.5, 0.6) is 0 Å². The number of Topliss-reactive ketones (excluding diaryl/α,β-unsaturated/α-hetero) is 1. The molecule has 0 amide bonds. The van der Waals surface area contributed by atoms with E-state index in [1.165, 1.54) is 6.07 Å². The second-order valence-electron chi connectivity index (χ2n) is 4.74. The van der Waals surface area contributed by atoms with Crippen LogP contribution < -0.4 is 0 Å². The number of halogens is 2. The van der Waals surface area contributed by atoms with Gasteiger partial charge in [0.05, 0.1) is 16.6 Å². The van der Waals surface area contributed by atoms with Crippen molar-refractivity contribution in [3.05, 3.63) is 29.8 Å². The van der Waals surface area contributed by atoms with Crippen LogP contribution in [0.15, 0.2) is 23.1 Å². The lowest BCUT2D eigenvalue weighted by Crippen LogP contribution is -2.25. The van der Waals surface area contributed by atoms with Crippen molar-refractivity contribution < 1.29 is 17.8 Å². The van der Waals surface area contributed by atoms with E-state index in [1.807, 2.05) is 0 Å². The molecule has 1 atom stereocenters. The molecule has 0 N–H and O–H groups in total. The third-order valence-electron chi connectivity index (χ3n) is 2.25. The quantitative estimate of drug-likeness (QED) is 0.837. The molecule has 1 unspecified atom stereocenters. The highest BCUT2D eigenvalue weighted by molar-refractivity contribution is 7.85. The van der Waals surface area contributed by atoms with Crippen molar-refractivity contribution in [2.24, 2.45) is 5.41 Å². The summed E-state index contributed by atoms with van der Waals surface area (Å²) in [7, 11) is -1.63. The molecule has 0 spiro atoms. The Kier molecular flexibility index (Phi) is 4.14. The van der Waals surface area contributed by atoms with Gasteiger partial charge in [-0.2, -0.15) is 0 Å². The van der Waals surface area contributed by atoms with Crippen LogP contribution in [0.1, 0.15) is 20.8 Å². The standard InChI is InChI=1S/C12H14F2O2S/c1-12(2,3)11(15)7-17(16)8-4-5-9(13)10(14)6-8/h4-6H,7H2,1-3H3. The average molecular weight is 260 g/mol. The maximum absolute atomic E-state index is 12.9. The normalized spacial score (nSPS) is 13.5. The van der Waals surface area contributed by atoms with Crippen molar-refractivity contribution in [2.75, 3.05) is 5.75 Å². The molecule has 1 aromatic rings. The minimum Gasteiger partial charge on any atom is -0.298 e. The summed E-state index contributed by atoms with van der Waals surface area (Å²) < 4.78 is 37.4. The summed E-state index contributed by atoms with van der Waals surface area (Å²) in [6.45, 7) is 5.16. The van der Waals surface area contributed by atoms with Crippen LogP contribution in [0.25, 0.3) is 0 Å². The Morgan fingerprint density at radius 2 is 1.82 bits per heavy atom. The largest absolute Gasteiger partial charge is 0.298 e. The number of ketones is 1. The van der Waals surface area contributed by atoms with Crippen LogP contribution in [0.4, 0.5) is 8.78 Å². The van der Waals surface area contributed by atoms with Crippen LogP contribution in [0.2, 0.25) is 0 Å². The first-order valence-electron chi connectivity index (χ1n) is 5.08. The van der Waals surface area contributed by atoms with Gasteiger partial charge in [0, 0.05) is 10.3 Å². The predicted octanol–water partition coefficient (Wildman–Crippen LogP) is 2.69. The fourth-order valence-electron chi connectivity index (χ4n) is 1.04. The fraction of sp³-hybridized carbons (Fsp3) is 0.417. The summed E-state index contributed by atoms with van der Waals surface area (Å²) >= 11 is 0.